The fraction of sp³-hybridized carbons (Fsp3) is 0.932. The molecule has 0 bridgehead atoms. The highest BCUT2D eigenvalue weighted by atomic mass is 31.2. The van der Waals surface area contributed by atoms with Crippen molar-refractivity contribution in [2.75, 3.05) is 40.9 Å². The number of carbonyl (C=O) groups is 1. The summed E-state index contributed by atoms with van der Waals surface area (Å²) < 4.78 is 23.2. The van der Waals surface area contributed by atoms with Gasteiger partial charge in [-0.2, -0.15) is 0 Å². The minimum absolute atomic E-state index is 0.00213. The Labute approximate surface area is 329 Å². The van der Waals surface area contributed by atoms with Crippen LogP contribution in [0.1, 0.15) is 213 Å². The second kappa shape index (κ2) is 36.9. The first kappa shape index (κ1) is 52.2. The van der Waals surface area contributed by atoms with E-state index in [9.17, 15) is 19.4 Å². The number of quaternary nitrogens is 1. The predicted octanol–water partition coefficient (Wildman–Crippen LogP) is 11.7. The van der Waals surface area contributed by atoms with Gasteiger partial charge in [-0.25, -0.2) is 0 Å². The SMILES string of the molecule is CCCCCCCCCCCCCCCC/C=C/[C@@H](O)[C@H](COP(=O)([O-])OCC[N+](C)(C)C)NC(=O)CCCCCCCCCCCCCCCCC. The van der Waals surface area contributed by atoms with E-state index in [1.54, 1.807) is 6.08 Å². The maximum absolute atomic E-state index is 12.8. The number of nitrogens with zero attached hydrogens (tertiary/aromatic N) is 1. The lowest BCUT2D eigenvalue weighted by atomic mass is 10.0. The molecular formula is C44H89N2O6P. The Morgan fingerprint density at radius 1 is 0.642 bits per heavy atom. The number of phosphoric ester groups is 1. The van der Waals surface area contributed by atoms with Crippen molar-refractivity contribution in [2.24, 2.45) is 0 Å². The number of hydrogen-bond donors (Lipinski definition) is 2. The summed E-state index contributed by atoms with van der Waals surface area (Å²) in [5.41, 5.74) is 0. The molecular weight excluding hydrogens is 683 g/mol. The third-order valence-electron chi connectivity index (χ3n) is 10.2. The maximum Gasteiger partial charge on any atom is 0.268 e. The van der Waals surface area contributed by atoms with E-state index < -0.39 is 20.0 Å². The fourth-order valence-electron chi connectivity index (χ4n) is 6.62. The number of hydrogen-bond acceptors (Lipinski definition) is 6. The molecule has 0 aliphatic rings. The van der Waals surface area contributed by atoms with E-state index in [2.05, 4.69) is 19.2 Å². The Morgan fingerprint density at radius 3 is 1.42 bits per heavy atom. The van der Waals surface area contributed by atoms with E-state index in [1.165, 1.54) is 154 Å². The normalized spacial score (nSPS) is 14.5. The second-order valence-corrected chi connectivity index (χ2v) is 18.2. The number of aliphatic hydroxyl groups is 1. The van der Waals surface area contributed by atoms with Crippen LogP contribution in [-0.4, -0.2) is 68.5 Å². The van der Waals surface area contributed by atoms with Gasteiger partial charge >= 0.3 is 0 Å². The van der Waals surface area contributed by atoms with Gasteiger partial charge in [-0.1, -0.05) is 199 Å². The maximum atomic E-state index is 12.8. The molecule has 8 nitrogen and oxygen atoms in total. The molecule has 316 valence electrons. The van der Waals surface area contributed by atoms with E-state index in [0.717, 1.165) is 38.5 Å². The molecule has 0 aromatic heterocycles. The number of aliphatic hydroxyl groups excluding tert-OH is 1. The summed E-state index contributed by atoms with van der Waals surface area (Å²) in [6.07, 6.45) is 41.0. The molecule has 0 aliphatic carbocycles. The highest BCUT2D eigenvalue weighted by molar-refractivity contribution is 7.45. The van der Waals surface area contributed by atoms with Crippen LogP contribution in [0.3, 0.4) is 0 Å². The molecule has 0 saturated heterocycles. The van der Waals surface area contributed by atoms with Gasteiger partial charge in [0.05, 0.1) is 39.9 Å². The molecule has 0 aromatic carbocycles. The van der Waals surface area contributed by atoms with Gasteiger partial charge in [0.15, 0.2) is 0 Å². The zero-order chi connectivity index (χ0) is 39.3. The molecule has 0 aliphatic heterocycles. The van der Waals surface area contributed by atoms with E-state index in [4.69, 9.17) is 9.05 Å². The third kappa shape index (κ3) is 39.3. The minimum atomic E-state index is -4.58. The van der Waals surface area contributed by atoms with Gasteiger partial charge in [0.1, 0.15) is 13.2 Å². The van der Waals surface area contributed by atoms with Crippen LogP contribution < -0.4 is 10.2 Å². The highest BCUT2D eigenvalue weighted by Crippen LogP contribution is 2.38. The molecule has 0 spiro atoms. The molecule has 1 amide bonds. The van der Waals surface area contributed by atoms with Crippen LogP contribution in [0.25, 0.3) is 0 Å². The van der Waals surface area contributed by atoms with E-state index in [0.29, 0.717) is 17.4 Å². The zero-order valence-corrected chi connectivity index (χ0v) is 36.6. The molecule has 53 heavy (non-hydrogen) atoms. The van der Waals surface area contributed by atoms with Gasteiger partial charge in [-0.05, 0) is 19.3 Å². The number of carbonyl (C=O) groups excluding carboxylic acids is 1. The molecule has 0 rings (SSSR count). The van der Waals surface area contributed by atoms with Crippen molar-refractivity contribution < 1.29 is 32.9 Å². The van der Waals surface area contributed by atoms with Gasteiger partial charge < -0.3 is 28.8 Å². The monoisotopic (exact) mass is 773 g/mol. The average Bonchev–Trinajstić information content (AvgIpc) is 3.10. The molecule has 0 radical (unpaired) electrons. The molecule has 0 aromatic rings. The second-order valence-electron chi connectivity index (χ2n) is 16.8. The van der Waals surface area contributed by atoms with Crippen molar-refractivity contribution in [3.8, 4) is 0 Å². The molecule has 9 heteroatoms. The quantitative estimate of drug-likeness (QED) is 0.0277. The number of rotatable bonds is 41. The Kier molecular flexibility index (Phi) is 36.3. The average molecular weight is 773 g/mol. The summed E-state index contributed by atoms with van der Waals surface area (Å²) in [5, 5.41) is 13.8. The first-order valence-corrected chi connectivity index (χ1v) is 24.0. The number of likely N-dealkylation sites (N-methyl/N-ethyl adjacent to an activating group) is 1. The number of amides is 1. The number of nitrogens with one attached hydrogen (secondary N) is 1. The predicted molar refractivity (Wildman–Crippen MR) is 224 cm³/mol. The van der Waals surface area contributed by atoms with Gasteiger partial charge in [-0.15, -0.1) is 0 Å². The Morgan fingerprint density at radius 2 is 1.02 bits per heavy atom. The first-order valence-electron chi connectivity index (χ1n) is 22.6. The van der Waals surface area contributed by atoms with Gasteiger partial charge in [0.2, 0.25) is 5.91 Å². The highest BCUT2D eigenvalue weighted by Gasteiger charge is 2.23. The molecule has 3 atom stereocenters. The van der Waals surface area contributed by atoms with Gasteiger partial charge in [0, 0.05) is 6.42 Å². The van der Waals surface area contributed by atoms with Crippen molar-refractivity contribution in [3.05, 3.63) is 12.2 Å². The van der Waals surface area contributed by atoms with Crippen LogP contribution in [0, 0.1) is 0 Å². The van der Waals surface area contributed by atoms with Crippen LogP contribution in [0.5, 0.6) is 0 Å². The molecule has 0 saturated carbocycles. The van der Waals surface area contributed by atoms with E-state index in [1.807, 2.05) is 27.2 Å². The number of phosphoric acid groups is 1. The van der Waals surface area contributed by atoms with Crippen molar-refractivity contribution in [1.82, 2.24) is 5.32 Å². The summed E-state index contributed by atoms with van der Waals surface area (Å²) >= 11 is 0. The van der Waals surface area contributed by atoms with Crippen LogP contribution in [0.4, 0.5) is 0 Å². The lowest BCUT2D eigenvalue weighted by molar-refractivity contribution is -0.870. The molecule has 0 fully saturated rings. The summed E-state index contributed by atoms with van der Waals surface area (Å²) in [4.78, 5) is 25.3. The van der Waals surface area contributed by atoms with Crippen molar-refractivity contribution in [2.45, 2.75) is 225 Å². The fourth-order valence-corrected chi connectivity index (χ4v) is 7.35. The molecule has 1 unspecified atom stereocenters. The number of unbranched alkanes of at least 4 members (excludes halogenated alkanes) is 28. The van der Waals surface area contributed by atoms with Crippen LogP contribution >= 0.6 is 7.82 Å². The van der Waals surface area contributed by atoms with Crippen molar-refractivity contribution in [3.63, 3.8) is 0 Å². The number of allylic oxidation sites excluding steroid dienone is 1. The van der Waals surface area contributed by atoms with Crippen LogP contribution in [0.15, 0.2) is 12.2 Å². The Balaban J connectivity index is 4.40. The standard InChI is InChI=1S/C44H89N2O6P/c1-6-8-10-12-14-16-18-20-22-24-25-27-29-31-33-35-37-43(47)42(41-52-53(49,50)51-40-39-46(3,4)5)45-44(48)38-36-34-32-30-28-26-23-21-19-17-15-13-11-9-7-2/h35,37,42-43,47H,6-34,36,38-41H2,1-5H3,(H-,45,48,49,50)/b37-35+/t42-,43+/m0/s1. The summed E-state index contributed by atoms with van der Waals surface area (Å²) in [5.74, 6) is -0.195. The van der Waals surface area contributed by atoms with Gasteiger partial charge in [0.25, 0.3) is 7.82 Å². The van der Waals surface area contributed by atoms with Crippen LogP contribution in [0.2, 0.25) is 0 Å². The lowest BCUT2D eigenvalue weighted by Crippen LogP contribution is -2.45. The Hall–Kier alpha value is -0.760. The minimum Gasteiger partial charge on any atom is -0.756 e. The smallest absolute Gasteiger partial charge is 0.268 e. The van der Waals surface area contributed by atoms with Crippen LogP contribution in [-0.2, 0) is 18.4 Å². The summed E-state index contributed by atoms with van der Waals surface area (Å²) in [7, 11) is 1.27. The van der Waals surface area contributed by atoms with Gasteiger partial charge in [-0.3, -0.25) is 9.36 Å². The topological polar surface area (TPSA) is 108 Å². The zero-order valence-electron chi connectivity index (χ0n) is 35.7. The molecule has 0 heterocycles. The lowest BCUT2D eigenvalue weighted by Gasteiger charge is -2.29. The Bertz CT molecular complexity index is 880. The van der Waals surface area contributed by atoms with Crippen molar-refractivity contribution >= 4 is 13.7 Å². The van der Waals surface area contributed by atoms with Crippen molar-refractivity contribution in [1.29, 1.82) is 0 Å². The molecule has 2 N–H and O–H groups in total. The van der Waals surface area contributed by atoms with E-state index >= 15 is 0 Å². The summed E-state index contributed by atoms with van der Waals surface area (Å²) in [6, 6.07) is -0.879. The summed E-state index contributed by atoms with van der Waals surface area (Å²) in [6.45, 7) is 4.66. The largest absolute Gasteiger partial charge is 0.756 e. The first-order chi connectivity index (χ1) is 25.5. The third-order valence-corrected chi connectivity index (χ3v) is 11.2. The van der Waals surface area contributed by atoms with E-state index in [-0.39, 0.29) is 19.1 Å².